The molecular weight excluding hydrogens is 234 g/mol. The molecule has 0 saturated carbocycles. The molecular formula is C13H19NO4. The Labute approximate surface area is 106 Å². The van der Waals surface area contributed by atoms with Gasteiger partial charge in [-0.05, 0) is 11.6 Å². The maximum Gasteiger partial charge on any atom is 0.142 e. The molecule has 5 heteroatoms. The monoisotopic (exact) mass is 253 g/mol. The lowest BCUT2D eigenvalue weighted by atomic mass is 10.1. The minimum absolute atomic E-state index is 0.403. The molecule has 1 aromatic rings. The normalized spacial score (nSPS) is 10.9. The average Bonchev–Trinajstić information content (AvgIpc) is 2.46. The van der Waals surface area contributed by atoms with Gasteiger partial charge in [0.15, 0.2) is 0 Å². The molecule has 0 aliphatic heterocycles. The summed E-state index contributed by atoms with van der Waals surface area (Å²) in [4.78, 5) is 9.89. The molecule has 100 valence electrons. The van der Waals surface area contributed by atoms with Crippen molar-refractivity contribution in [3.05, 3.63) is 42.0 Å². The number of carbonyl (C=O) groups excluding carboxylic acids is 1. The second kappa shape index (κ2) is 9.49. The number of benzene rings is 1. The molecule has 1 rings (SSSR count). The molecule has 0 aliphatic carbocycles. The zero-order valence-electron chi connectivity index (χ0n) is 10.1. The average molecular weight is 253 g/mol. The van der Waals surface area contributed by atoms with Gasteiger partial charge in [0.05, 0.1) is 25.4 Å². The van der Waals surface area contributed by atoms with Crippen molar-refractivity contribution in [2.75, 3.05) is 19.8 Å². The molecule has 0 radical (unpaired) electrons. The Morgan fingerprint density at radius 1 is 1.06 bits per heavy atom. The molecule has 0 aromatic heterocycles. The van der Waals surface area contributed by atoms with Crippen molar-refractivity contribution in [2.24, 2.45) is 5.73 Å². The lowest BCUT2D eigenvalue weighted by Crippen LogP contribution is -2.50. The van der Waals surface area contributed by atoms with E-state index < -0.39 is 25.4 Å². The van der Waals surface area contributed by atoms with Gasteiger partial charge in [0, 0.05) is 0 Å². The molecule has 5 nitrogen and oxygen atoms in total. The van der Waals surface area contributed by atoms with Crippen LogP contribution < -0.4 is 5.73 Å². The van der Waals surface area contributed by atoms with Crippen LogP contribution in [0.15, 0.2) is 36.4 Å². The quantitative estimate of drug-likeness (QED) is 0.421. The van der Waals surface area contributed by atoms with Crippen molar-refractivity contribution in [1.82, 2.24) is 0 Å². The highest BCUT2D eigenvalue weighted by Crippen LogP contribution is 1.99. The summed E-state index contributed by atoms with van der Waals surface area (Å²) in [5, 5.41) is 25.0. The van der Waals surface area contributed by atoms with Gasteiger partial charge in [-0.15, -0.1) is 0 Å². The number of aliphatic hydroxyl groups is 3. The molecule has 0 saturated heterocycles. The van der Waals surface area contributed by atoms with E-state index >= 15 is 0 Å². The fourth-order valence-electron chi connectivity index (χ4n) is 0.865. The predicted octanol–water partition coefficient (Wildman–Crippen LogP) is -0.440. The summed E-state index contributed by atoms with van der Waals surface area (Å²) in [5.41, 5.74) is 4.99. The highest BCUT2D eigenvalue weighted by Gasteiger charge is 2.20. The number of hydrogen-bond donors (Lipinski definition) is 4. The van der Waals surface area contributed by atoms with E-state index in [0.717, 1.165) is 11.8 Å². The molecule has 0 heterocycles. The zero-order chi connectivity index (χ0) is 13.9. The summed E-state index contributed by atoms with van der Waals surface area (Å²) in [5.74, 6) is 0. The van der Waals surface area contributed by atoms with Gasteiger partial charge in [0.2, 0.25) is 0 Å². The number of rotatable bonds is 5. The van der Waals surface area contributed by atoms with E-state index in [4.69, 9.17) is 21.1 Å². The summed E-state index contributed by atoms with van der Waals surface area (Å²) < 4.78 is 0. The Bertz CT molecular complexity index is 339. The highest BCUT2D eigenvalue weighted by molar-refractivity contribution is 5.73. The Morgan fingerprint density at radius 2 is 1.56 bits per heavy atom. The Kier molecular flexibility index (Phi) is 8.69. The van der Waals surface area contributed by atoms with Crippen molar-refractivity contribution < 1.29 is 20.1 Å². The molecule has 0 atom stereocenters. The van der Waals surface area contributed by atoms with Crippen LogP contribution in [0.4, 0.5) is 0 Å². The summed E-state index contributed by atoms with van der Waals surface area (Å²) in [6.45, 7) is -1.21. The van der Waals surface area contributed by atoms with E-state index in [1.165, 1.54) is 6.08 Å². The fraction of sp³-hybridized carbons (Fsp3) is 0.308. The summed E-state index contributed by atoms with van der Waals surface area (Å²) in [6.07, 6.45) is 4.02. The van der Waals surface area contributed by atoms with E-state index in [9.17, 15) is 4.79 Å². The largest absolute Gasteiger partial charge is 0.394 e. The molecule has 18 heavy (non-hydrogen) atoms. The fourth-order valence-corrected chi connectivity index (χ4v) is 0.865. The van der Waals surface area contributed by atoms with Crippen molar-refractivity contribution in [3.63, 3.8) is 0 Å². The van der Waals surface area contributed by atoms with Crippen LogP contribution in [0.3, 0.4) is 0 Å². The molecule has 0 fully saturated rings. The first-order chi connectivity index (χ1) is 8.61. The van der Waals surface area contributed by atoms with Gasteiger partial charge in [0.1, 0.15) is 6.29 Å². The second-order valence-electron chi connectivity index (χ2n) is 3.74. The van der Waals surface area contributed by atoms with E-state index in [1.807, 2.05) is 30.3 Å². The summed E-state index contributed by atoms with van der Waals surface area (Å²) >= 11 is 0. The third-order valence-corrected chi connectivity index (χ3v) is 2.11. The number of carbonyl (C=O) groups is 1. The standard InChI is InChI=1S/C9H8O.C4H11NO3/c10-8-4-7-9-5-2-1-3-6-9;5-4(1-6,2-7)3-8/h1-8H;6-8H,1-3,5H2/b7-4+;. The summed E-state index contributed by atoms with van der Waals surface area (Å²) in [6, 6.07) is 9.70. The van der Waals surface area contributed by atoms with E-state index in [-0.39, 0.29) is 0 Å². The Morgan fingerprint density at radius 3 is 1.89 bits per heavy atom. The van der Waals surface area contributed by atoms with Gasteiger partial charge in [-0.25, -0.2) is 0 Å². The molecule has 1 aromatic carbocycles. The third kappa shape index (κ3) is 6.93. The van der Waals surface area contributed by atoms with Crippen LogP contribution in [-0.4, -0.2) is 47.0 Å². The smallest absolute Gasteiger partial charge is 0.142 e. The van der Waals surface area contributed by atoms with Crippen LogP contribution in [0, 0.1) is 0 Å². The Hall–Kier alpha value is -1.53. The van der Waals surface area contributed by atoms with Gasteiger partial charge >= 0.3 is 0 Å². The Balaban J connectivity index is 0.000000331. The number of aliphatic hydroxyl groups excluding tert-OH is 3. The van der Waals surface area contributed by atoms with Gasteiger partial charge in [-0.1, -0.05) is 36.4 Å². The van der Waals surface area contributed by atoms with E-state index in [1.54, 1.807) is 6.08 Å². The van der Waals surface area contributed by atoms with Crippen LogP contribution in [0.5, 0.6) is 0 Å². The minimum Gasteiger partial charge on any atom is -0.394 e. The number of hydrogen-bond acceptors (Lipinski definition) is 5. The molecule has 0 spiro atoms. The number of nitrogens with two attached hydrogens (primary N) is 1. The predicted molar refractivity (Wildman–Crippen MR) is 69.7 cm³/mol. The molecule has 0 unspecified atom stereocenters. The number of allylic oxidation sites excluding steroid dienone is 1. The van der Waals surface area contributed by atoms with Crippen molar-refractivity contribution in [1.29, 1.82) is 0 Å². The van der Waals surface area contributed by atoms with Crippen molar-refractivity contribution in [2.45, 2.75) is 5.54 Å². The van der Waals surface area contributed by atoms with E-state index in [0.29, 0.717) is 0 Å². The van der Waals surface area contributed by atoms with Gasteiger partial charge in [-0.2, -0.15) is 0 Å². The SMILES string of the molecule is NC(CO)(CO)CO.O=C/C=C/c1ccccc1. The van der Waals surface area contributed by atoms with Crippen LogP contribution in [0.2, 0.25) is 0 Å². The molecule has 0 amide bonds. The van der Waals surface area contributed by atoms with Crippen molar-refractivity contribution in [3.8, 4) is 0 Å². The van der Waals surface area contributed by atoms with Gasteiger partial charge < -0.3 is 21.1 Å². The lowest BCUT2D eigenvalue weighted by Gasteiger charge is -2.20. The topological polar surface area (TPSA) is 104 Å². The zero-order valence-corrected chi connectivity index (χ0v) is 10.1. The first-order valence-electron chi connectivity index (χ1n) is 5.40. The first kappa shape index (κ1) is 16.5. The van der Waals surface area contributed by atoms with Crippen LogP contribution >= 0.6 is 0 Å². The lowest BCUT2D eigenvalue weighted by molar-refractivity contribution is -0.104. The molecule has 0 bridgehead atoms. The van der Waals surface area contributed by atoms with Crippen molar-refractivity contribution >= 4 is 12.4 Å². The van der Waals surface area contributed by atoms with E-state index in [2.05, 4.69) is 0 Å². The van der Waals surface area contributed by atoms with Gasteiger partial charge in [-0.3, -0.25) is 4.79 Å². The van der Waals surface area contributed by atoms with Gasteiger partial charge in [0.25, 0.3) is 0 Å². The maximum atomic E-state index is 9.89. The minimum atomic E-state index is -1.21. The second-order valence-corrected chi connectivity index (χ2v) is 3.74. The van der Waals surface area contributed by atoms with Crippen LogP contribution in [0.25, 0.3) is 6.08 Å². The third-order valence-electron chi connectivity index (χ3n) is 2.11. The molecule has 5 N–H and O–H groups in total. The molecule has 0 aliphatic rings. The first-order valence-corrected chi connectivity index (χ1v) is 5.40. The summed E-state index contributed by atoms with van der Waals surface area (Å²) in [7, 11) is 0. The number of aldehydes is 1. The highest BCUT2D eigenvalue weighted by atomic mass is 16.3. The van der Waals surface area contributed by atoms with Crippen LogP contribution in [0.1, 0.15) is 5.56 Å². The van der Waals surface area contributed by atoms with Crippen LogP contribution in [-0.2, 0) is 4.79 Å². The maximum absolute atomic E-state index is 9.89.